The Kier molecular flexibility index (Phi) is 7.30. The van der Waals surface area contributed by atoms with E-state index < -0.39 is 10.0 Å². The summed E-state index contributed by atoms with van der Waals surface area (Å²) >= 11 is 0. The number of rotatable bonds is 9. The van der Waals surface area contributed by atoms with Crippen LogP contribution in [0.15, 0.2) is 71.6 Å². The fraction of sp³-hybridized carbons (Fsp3) is 0.250. The molecule has 0 aliphatic heterocycles. The highest BCUT2D eigenvalue weighted by Crippen LogP contribution is 2.29. The first-order valence-corrected chi connectivity index (χ1v) is 11.4. The third kappa shape index (κ3) is 6.06. The zero-order valence-electron chi connectivity index (χ0n) is 17.8. The Morgan fingerprint density at radius 1 is 0.935 bits per heavy atom. The third-order valence-corrected chi connectivity index (χ3v) is 6.24. The van der Waals surface area contributed by atoms with E-state index >= 15 is 0 Å². The van der Waals surface area contributed by atoms with Crippen molar-refractivity contribution in [1.82, 2.24) is 4.72 Å². The van der Waals surface area contributed by atoms with Crippen LogP contribution in [0.2, 0.25) is 0 Å². The molecule has 0 unspecified atom stereocenters. The molecule has 0 aliphatic carbocycles. The van der Waals surface area contributed by atoms with E-state index in [4.69, 9.17) is 9.47 Å². The summed E-state index contributed by atoms with van der Waals surface area (Å²) in [5.74, 6) is 1.16. The van der Waals surface area contributed by atoms with Crippen LogP contribution in [-0.4, -0.2) is 15.5 Å². The summed E-state index contributed by atoms with van der Waals surface area (Å²) in [7, 11) is -2.10. The average molecular weight is 444 g/mol. The number of hydrogen-bond donors (Lipinski definition) is 1. The van der Waals surface area contributed by atoms with Crippen molar-refractivity contribution in [3.8, 4) is 11.5 Å². The smallest absolute Gasteiger partial charge is 0.240 e. The van der Waals surface area contributed by atoms with Crippen LogP contribution in [-0.2, 0) is 23.2 Å². The van der Waals surface area contributed by atoms with E-state index in [9.17, 15) is 12.8 Å². The molecule has 0 saturated heterocycles. The van der Waals surface area contributed by atoms with E-state index in [-0.39, 0.29) is 23.2 Å². The lowest BCUT2D eigenvalue weighted by Gasteiger charge is -2.14. The normalized spacial score (nSPS) is 11.5. The van der Waals surface area contributed by atoms with Gasteiger partial charge >= 0.3 is 0 Å². The van der Waals surface area contributed by atoms with Crippen LogP contribution in [0.1, 0.15) is 36.5 Å². The second-order valence-electron chi connectivity index (χ2n) is 7.44. The molecule has 0 heterocycles. The molecule has 5 nitrogen and oxygen atoms in total. The van der Waals surface area contributed by atoms with Crippen molar-refractivity contribution in [2.24, 2.45) is 0 Å². The molecular weight excluding hydrogens is 417 g/mol. The summed E-state index contributed by atoms with van der Waals surface area (Å²) in [6, 6.07) is 18.1. The Bertz CT molecular complexity index is 1110. The highest BCUT2D eigenvalue weighted by Gasteiger charge is 2.17. The quantitative estimate of drug-likeness (QED) is 0.505. The molecule has 0 aromatic heterocycles. The van der Waals surface area contributed by atoms with E-state index in [1.807, 2.05) is 13.8 Å². The highest BCUT2D eigenvalue weighted by atomic mass is 32.2. The molecule has 0 fully saturated rings. The molecule has 1 N–H and O–H groups in total. The number of halogens is 1. The van der Waals surface area contributed by atoms with E-state index in [2.05, 4.69) is 4.72 Å². The van der Waals surface area contributed by atoms with Gasteiger partial charge in [0.15, 0.2) is 0 Å². The first kappa shape index (κ1) is 22.8. The zero-order valence-corrected chi connectivity index (χ0v) is 18.6. The van der Waals surface area contributed by atoms with Crippen molar-refractivity contribution in [2.75, 3.05) is 7.11 Å². The van der Waals surface area contributed by atoms with E-state index in [0.717, 1.165) is 16.7 Å². The molecule has 3 aromatic carbocycles. The lowest BCUT2D eigenvalue weighted by Crippen LogP contribution is -2.23. The van der Waals surface area contributed by atoms with Crippen LogP contribution < -0.4 is 14.2 Å². The summed E-state index contributed by atoms with van der Waals surface area (Å²) in [5.41, 5.74) is 2.50. The molecular formula is C24H26FNO4S. The Labute approximate surface area is 182 Å². The van der Waals surface area contributed by atoms with Crippen molar-refractivity contribution < 1.29 is 22.3 Å². The third-order valence-electron chi connectivity index (χ3n) is 4.84. The van der Waals surface area contributed by atoms with E-state index in [0.29, 0.717) is 18.1 Å². The van der Waals surface area contributed by atoms with Crippen LogP contribution in [0.3, 0.4) is 0 Å². The van der Waals surface area contributed by atoms with Crippen molar-refractivity contribution >= 4 is 10.0 Å². The van der Waals surface area contributed by atoms with Gasteiger partial charge in [-0.15, -0.1) is 0 Å². The van der Waals surface area contributed by atoms with Crippen molar-refractivity contribution in [3.05, 3.63) is 89.2 Å². The standard InChI is InChI=1S/C24H26FNO4S/c1-17(2)23-14-22(12-13-24(23)29-3)31(27,28)26-15-18-6-10-21(11-7-18)30-16-19-4-8-20(25)9-5-19/h4-14,17,26H,15-16H2,1-3H3. The molecule has 3 rings (SSSR count). The topological polar surface area (TPSA) is 64.6 Å². The lowest BCUT2D eigenvalue weighted by atomic mass is 10.0. The average Bonchev–Trinajstić information content (AvgIpc) is 2.77. The van der Waals surface area contributed by atoms with E-state index in [1.165, 1.54) is 12.1 Å². The first-order valence-electron chi connectivity index (χ1n) is 9.92. The largest absolute Gasteiger partial charge is 0.496 e. The number of benzene rings is 3. The Balaban J connectivity index is 1.61. The Morgan fingerprint density at radius 2 is 1.58 bits per heavy atom. The van der Waals surface area contributed by atoms with Crippen molar-refractivity contribution in [3.63, 3.8) is 0 Å². The molecule has 0 saturated carbocycles. The number of ether oxygens (including phenoxy) is 2. The molecule has 0 radical (unpaired) electrons. The van der Waals surface area contributed by atoms with Crippen LogP contribution in [0.4, 0.5) is 4.39 Å². The van der Waals surface area contributed by atoms with Crippen LogP contribution >= 0.6 is 0 Å². The summed E-state index contributed by atoms with van der Waals surface area (Å²) in [6.45, 7) is 4.45. The predicted molar refractivity (Wildman–Crippen MR) is 118 cm³/mol. The second-order valence-corrected chi connectivity index (χ2v) is 9.21. The second kappa shape index (κ2) is 9.94. The lowest BCUT2D eigenvalue weighted by molar-refractivity contribution is 0.306. The van der Waals surface area contributed by atoms with E-state index in [1.54, 1.807) is 61.7 Å². The van der Waals surface area contributed by atoms with Crippen LogP contribution in [0.25, 0.3) is 0 Å². The number of nitrogens with one attached hydrogen (secondary N) is 1. The van der Waals surface area contributed by atoms with Gasteiger partial charge in [-0.05, 0) is 65.1 Å². The van der Waals surface area contributed by atoms with Crippen molar-refractivity contribution in [1.29, 1.82) is 0 Å². The van der Waals surface area contributed by atoms with Gasteiger partial charge in [-0.1, -0.05) is 38.1 Å². The molecule has 3 aromatic rings. The fourth-order valence-corrected chi connectivity index (χ4v) is 4.10. The summed E-state index contributed by atoms with van der Waals surface area (Å²) in [4.78, 5) is 0.205. The van der Waals surface area contributed by atoms with Gasteiger partial charge in [0.2, 0.25) is 10.0 Å². The maximum absolute atomic E-state index is 13.0. The molecule has 0 atom stereocenters. The SMILES string of the molecule is COc1ccc(S(=O)(=O)NCc2ccc(OCc3ccc(F)cc3)cc2)cc1C(C)C. The predicted octanol–water partition coefficient (Wildman–Crippen LogP) is 5.02. The van der Waals surface area contributed by atoms with Gasteiger partial charge in [0, 0.05) is 6.54 Å². The fourth-order valence-electron chi connectivity index (χ4n) is 3.04. The van der Waals surface area contributed by atoms with Crippen molar-refractivity contribution in [2.45, 2.75) is 37.8 Å². The Morgan fingerprint density at radius 3 is 2.19 bits per heavy atom. The van der Waals surface area contributed by atoms with Gasteiger partial charge in [-0.25, -0.2) is 17.5 Å². The minimum Gasteiger partial charge on any atom is -0.496 e. The molecule has 0 aliphatic rings. The van der Waals surface area contributed by atoms with Gasteiger partial charge < -0.3 is 9.47 Å². The zero-order chi connectivity index (χ0) is 22.4. The molecule has 0 spiro atoms. The number of hydrogen-bond acceptors (Lipinski definition) is 4. The monoisotopic (exact) mass is 443 g/mol. The molecule has 7 heteroatoms. The Hall–Kier alpha value is -2.90. The van der Waals surface area contributed by atoms with Gasteiger partial charge in [0.1, 0.15) is 23.9 Å². The summed E-state index contributed by atoms with van der Waals surface area (Å²) in [6.07, 6.45) is 0. The van der Waals surface area contributed by atoms with Crippen LogP contribution in [0.5, 0.6) is 11.5 Å². The van der Waals surface area contributed by atoms with Crippen LogP contribution in [0, 0.1) is 5.82 Å². The van der Waals surface area contributed by atoms with Gasteiger partial charge in [0.05, 0.1) is 12.0 Å². The molecule has 31 heavy (non-hydrogen) atoms. The highest BCUT2D eigenvalue weighted by molar-refractivity contribution is 7.89. The molecule has 164 valence electrons. The summed E-state index contributed by atoms with van der Waals surface area (Å²) in [5, 5.41) is 0. The van der Waals surface area contributed by atoms with Gasteiger partial charge in [-0.2, -0.15) is 0 Å². The number of sulfonamides is 1. The maximum atomic E-state index is 13.0. The minimum atomic E-state index is -3.67. The molecule has 0 bridgehead atoms. The first-order chi connectivity index (χ1) is 14.8. The summed E-state index contributed by atoms with van der Waals surface area (Å²) < 4.78 is 52.1. The molecule has 0 amide bonds. The van der Waals surface area contributed by atoms with Gasteiger partial charge in [0.25, 0.3) is 0 Å². The maximum Gasteiger partial charge on any atom is 0.240 e. The number of methoxy groups -OCH3 is 1. The minimum absolute atomic E-state index is 0.132. The van der Waals surface area contributed by atoms with Gasteiger partial charge in [-0.3, -0.25) is 0 Å².